The summed E-state index contributed by atoms with van der Waals surface area (Å²) in [6.45, 7) is 2.94. The monoisotopic (exact) mass is 398 g/mol. The number of carboxylic acids is 1. The SMILES string of the molecule is CCCCn1nc(-c2cc(CC(=O)O)ccc2OC)cc1-c1ccc(Cl)cc1. The Balaban J connectivity index is 2.09. The summed E-state index contributed by atoms with van der Waals surface area (Å²) in [7, 11) is 1.60. The second-order valence-electron chi connectivity index (χ2n) is 6.60. The molecule has 1 N–H and O–H groups in total. The average Bonchev–Trinajstić information content (AvgIpc) is 3.10. The van der Waals surface area contributed by atoms with Gasteiger partial charge in [-0.2, -0.15) is 5.10 Å². The van der Waals surface area contributed by atoms with E-state index in [0.29, 0.717) is 16.3 Å². The first-order valence-electron chi connectivity index (χ1n) is 9.24. The molecule has 0 atom stereocenters. The van der Waals surface area contributed by atoms with Crippen LogP contribution in [0.3, 0.4) is 0 Å². The second kappa shape index (κ2) is 8.93. The van der Waals surface area contributed by atoms with E-state index in [0.717, 1.165) is 41.9 Å². The molecular weight excluding hydrogens is 376 g/mol. The van der Waals surface area contributed by atoms with Gasteiger partial charge in [0, 0.05) is 17.1 Å². The molecule has 0 spiro atoms. The van der Waals surface area contributed by atoms with Crippen molar-refractivity contribution in [1.29, 1.82) is 0 Å². The molecule has 146 valence electrons. The summed E-state index contributed by atoms with van der Waals surface area (Å²) in [6, 6.07) is 15.1. The molecule has 3 aromatic rings. The van der Waals surface area contributed by atoms with Crippen molar-refractivity contribution < 1.29 is 14.6 Å². The van der Waals surface area contributed by atoms with Crippen molar-refractivity contribution in [3.05, 3.63) is 59.1 Å². The first-order chi connectivity index (χ1) is 13.5. The third-order valence-corrected chi connectivity index (χ3v) is 4.79. The van der Waals surface area contributed by atoms with E-state index in [4.69, 9.17) is 26.5 Å². The lowest BCUT2D eigenvalue weighted by atomic mass is 10.0. The smallest absolute Gasteiger partial charge is 0.307 e. The zero-order valence-electron chi connectivity index (χ0n) is 16.0. The Labute approximate surface area is 169 Å². The number of aliphatic carboxylic acids is 1. The van der Waals surface area contributed by atoms with E-state index in [2.05, 4.69) is 6.92 Å². The third kappa shape index (κ3) is 4.54. The molecule has 0 unspecified atom stereocenters. The minimum Gasteiger partial charge on any atom is -0.496 e. The molecular formula is C22H23ClN2O3. The lowest BCUT2D eigenvalue weighted by Gasteiger charge is -2.08. The number of aryl methyl sites for hydroxylation is 1. The van der Waals surface area contributed by atoms with Crippen LogP contribution in [0.5, 0.6) is 5.75 Å². The molecule has 0 fully saturated rings. The highest BCUT2D eigenvalue weighted by Gasteiger charge is 2.16. The molecule has 0 aliphatic rings. The average molecular weight is 399 g/mol. The van der Waals surface area contributed by atoms with Gasteiger partial charge in [-0.05, 0) is 47.9 Å². The first kappa shape index (κ1) is 20.0. The highest BCUT2D eigenvalue weighted by molar-refractivity contribution is 6.30. The van der Waals surface area contributed by atoms with Crippen LogP contribution in [0.2, 0.25) is 5.02 Å². The van der Waals surface area contributed by atoms with Crippen LogP contribution in [0.1, 0.15) is 25.3 Å². The Bertz CT molecular complexity index is 964. The Hall–Kier alpha value is -2.79. The topological polar surface area (TPSA) is 64.4 Å². The molecule has 0 aliphatic carbocycles. The van der Waals surface area contributed by atoms with Crippen molar-refractivity contribution in [2.24, 2.45) is 0 Å². The fourth-order valence-corrected chi connectivity index (χ4v) is 3.25. The number of carboxylic acid groups (broad SMARTS) is 1. The first-order valence-corrected chi connectivity index (χ1v) is 9.62. The summed E-state index contributed by atoms with van der Waals surface area (Å²) in [4.78, 5) is 11.1. The van der Waals surface area contributed by atoms with E-state index in [1.54, 1.807) is 19.2 Å². The molecule has 0 aliphatic heterocycles. The number of halogens is 1. The number of carbonyl (C=O) groups is 1. The predicted octanol–water partition coefficient (Wildman–Crippen LogP) is 5.31. The Morgan fingerprint density at radius 1 is 1.18 bits per heavy atom. The minimum absolute atomic E-state index is 0.0441. The summed E-state index contributed by atoms with van der Waals surface area (Å²) in [5, 5.41) is 14.6. The number of unbranched alkanes of at least 4 members (excludes halogenated alkanes) is 1. The van der Waals surface area contributed by atoms with Crippen molar-refractivity contribution in [3.63, 3.8) is 0 Å². The molecule has 0 saturated heterocycles. The fraction of sp³-hybridized carbons (Fsp3) is 0.273. The summed E-state index contributed by atoms with van der Waals surface area (Å²) < 4.78 is 7.49. The van der Waals surface area contributed by atoms with Gasteiger partial charge in [0.25, 0.3) is 0 Å². The zero-order chi connectivity index (χ0) is 20.1. The molecule has 1 aromatic heterocycles. The van der Waals surface area contributed by atoms with Crippen molar-refractivity contribution in [1.82, 2.24) is 9.78 Å². The summed E-state index contributed by atoms with van der Waals surface area (Å²) >= 11 is 6.04. The number of hydrogen-bond acceptors (Lipinski definition) is 3. The normalized spacial score (nSPS) is 10.8. The highest BCUT2D eigenvalue weighted by atomic mass is 35.5. The van der Waals surface area contributed by atoms with Gasteiger partial charge >= 0.3 is 5.97 Å². The van der Waals surface area contributed by atoms with Gasteiger partial charge in [0.05, 0.1) is 24.9 Å². The van der Waals surface area contributed by atoms with E-state index in [9.17, 15) is 4.79 Å². The van der Waals surface area contributed by atoms with Crippen molar-refractivity contribution in [2.45, 2.75) is 32.7 Å². The summed E-state index contributed by atoms with van der Waals surface area (Å²) in [6.07, 6.45) is 2.03. The van der Waals surface area contributed by atoms with E-state index in [1.165, 1.54) is 0 Å². The molecule has 0 radical (unpaired) electrons. The number of rotatable bonds is 8. The lowest BCUT2D eigenvalue weighted by molar-refractivity contribution is -0.136. The Morgan fingerprint density at radius 2 is 1.93 bits per heavy atom. The second-order valence-corrected chi connectivity index (χ2v) is 7.04. The van der Waals surface area contributed by atoms with E-state index in [-0.39, 0.29) is 6.42 Å². The number of hydrogen-bond donors (Lipinski definition) is 1. The Kier molecular flexibility index (Phi) is 6.37. The molecule has 6 heteroatoms. The maximum Gasteiger partial charge on any atom is 0.307 e. The molecule has 2 aromatic carbocycles. The number of ether oxygens (including phenoxy) is 1. The molecule has 0 saturated carbocycles. The third-order valence-electron chi connectivity index (χ3n) is 4.54. The summed E-state index contributed by atoms with van der Waals surface area (Å²) in [5.41, 5.74) is 4.27. The quantitative estimate of drug-likeness (QED) is 0.558. The zero-order valence-corrected chi connectivity index (χ0v) is 16.7. The maximum atomic E-state index is 11.1. The van der Waals surface area contributed by atoms with Crippen LogP contribution in [0.15, 0.2) is 48.5 Å². The van der Waals surface area contributed by atoms with Crippen LogP contribution in [-0.2, 0) is 17.8 Å². The van der Waals surface area contributed by atoms with Gasteiger partial charge in [-0.3, -0.25) is 9.48 Å². The number of methoxy groups -OCH3 is 1. The van der Waals surface area contributed by atoms with Crippen molar-refractivity contribution >= 4 is 17.6 Å². The molecule has 1 heterocycles. The maximum absolute atomic E-state index is 11.1. The van der Waals surface area contributed by atoms with Crippen LogP contribution in [0.25, 0.3) is 22.5 Å². The van der Waals surface area contributed by atoms with Crippen LogP contribution < -0.4 is 4.74 Å². The van der Waals surface area contributed by atoms with Crippen LogP contribution in [0.4, 0.5) is 0 Å². The van der Waals surface area contributed by atoms with Gasteiger partial charge in [-0.1, -0.05) is 43.1 Å². The predicted molar refractivity (Wildman–Crippen MR) is 111 cm³/mol. The van der Waals surface area contributed by atoms with Crippen molar-refractivity contribution in [2.75, 3.05) is 7.11 Å². The molecule has 0 amide bonds. The largest absolute Gasteiger partial charge is 0.496 e. The van der Waals surface area contributed by atoms with Crippen LogP contribution in [0, 0.1) is 0 Å². The van der Waals surface area contributed by atoms with Gasteiger partial charge in [0.1, 0.15) is 5.75 Å². The van der Waals surface area contributed by atoms with Crippen molar-refractivity contribution in [3.8, 4) is 28.3 Å². The van der Waals surface area contributed by atoms with Gasteiger partial charge in [-0.25, -0.2) is 0 Å². The van der Waals surface area contributed by atoms with E-state index >= 15 is 0 Å². The van der Waals surface area contributed by atoms with Gasteiger partial charge in [0.2, 0.25) is 0 Å². The number of aromatic nitrogens is 2. The molecule has 3 rings (SSSR count). The van der Waals surface area contributed by atoms with Gasteiger partial charge in [0.15, 0.2) is 0 Å². The fourth-order valence-electron chi connectivity index (χ4n) is 3.12. The van der Waals surface area contributed by atoms with Gasteiger partial charge < -0.3 is 9.84 Å². The van der Waals surface area contributed by atoms with Crippen LogP contribution >= 0.6 is 11.6 Å². The summed E-state index contributed by atoms with van der Waals surface area (Å²) in [5.74, 6) is -0.205. The number of benzene rings is 2. The highest BCUT2D eigenvalue weighted by Crippen LogP contribution is 2.33. The van der Waals surface area contributed by atoms with E-state index in [1.807, 2.05) is 41.1 Å². The standard InChI is InChI=1S/C22H23ClN2O3/c1-3-4-11-25-20(16-6-8-17(23)9-7-16)14-19(24-25)18-12-15(13-22(26)27)5-10-21(18)28-2/h5-10,12,14H,3-4,11,13H2,1-2H3,(H,26,27). The molecule has 28 heavy (non-hydrogen) atoms. The minimum atomic E-state index is -0.869. The van der Waals surface area contributed by atoms with Gasteiger partial charge in [-0.15, -0.1) is 0 Å². The Morgan fingerprint density at radius 3 is 2.57 bits per heavy atom. The number of nitrogens with zero attached hydrogens (tertiary/aromatic N) is 2. The van der Waals surface area contributed by atoms with Crippen LogP contribution in [-0.4, -0.2) is 28.0 Å². The molecule has 5 nitrogen and oxygen atoms in total. The molecule has 0 bridgehead atoms. The lowest BCUT2D eigenvalue weighted by Crippen LogP contribution is -2.03. The van der Waals surface area contributed by atoms with E-state index < -0.39 is 5.97 Å².